The van der Waals surface area contributed by atoms with E-state index in [1.165, 1.54) is 122 Å². The molecule has 0 saturated carbocycles. The molecule has 318 valence electrons. The highest BCUT2D eigenvalue weighted by atomic mass is 15.1. The van der Waals surface area contributed by atoms with Gasteiger partial charge in [-0.1, -0.05) is 167 Å². The molecule has 10 aromatic rings. The highest BCUT2D eigenvalue weighted by molar-refractivity contribution is 5.99. The first-order valence-electron chi connectivity index (χ1n) is 23.3. The maximum absolute atomic E-state index is 2.44. The van der Waals surface area contributed by atoms with Crippen LogP contribution in [0, 0.1) is 0 Å². The molecule has 0 bridgehead atoms. The maximum Gasteiger partial charge on any atom is 0.0411 e. The normalized spacial score (nSPS) is 13.8. The van der Waals surface area contributed by atoms with Crippen LogP contribution in [0.25, 0.3) is 77.2 Å². The molecule has 12 rings (SSSR count). The van der Waals surface area contributed by atoms with Gasteiger partial charge >= 0.3 is 0 Å². The minimum absolute atomic E-state index is 0.0261. The Morgan fingerprint density at radius 2 is 0.697 bits per heavy atom. The molecular weight excluding hydrogens is 797 g/mol. The van der Waals surface area contributed by atoms with E-state index < -0.39 is 0 Å². The van der Waals surface area contributed by atoms with Crippen molar-refractivity contribution < 1.29 is 0 Å². The Balaban J connectivity index is 0.782. The predicted molar refractivity (Wildman–Crippen MR) is 282 cm³/mol. The highest BCUT2D eigenvalue weighted by Crippen LogP contribution is 2.52. The molecule has 2 aliphatic rings. The summed E-state index contributed by atoms with van der Waals surface area (Å²) in [5.41, 5.74) is 22.9. The Kier molecular flexibility index (Phi) is 9.03. The van der Waals surface area contributed by atoms with E-state index in [1.54, 1.807) is 0 Å². The first kappa shape index (κ1) is 39.9. The summed E-state index contributed by atoms with van der Waals surface area (Å²) in [4.78, 5) is 4.61. The van der Waals surface area contributed by atoms with Gasteiger partial charge in [0.2, 0.25) is 0 Å². The van der Waals surface area contributed by atoms with Crippen molar-refractivity contribution in [1.29, 1.82) is 0 Å². The van der Waals surface area contributed by atoms with E-state index in [0.717, 1.165) is 0 Å². The molecule has 0 atom stereocenters. The van der Waals surface area contributed by atoms with Gasteiger partial charge in [0.05, 0.1) is 0 Å². The number of hydrogen-bond donors (Lipinski definition) is 0. The molecule has 0 heterocycles. The summed E-state index contributed by atoms with van der Waals surface area (Å²) in [7, 11) is 4.35. The summed E-state index contributed by atoms with van der Waals surface area (Å²) >= 11 is 0. The van der Waals surface area contributed by atoms with E-state index in [4.69, 9.17) is 0 Å². The van der Waals surface area contributed by atoms with E-state index in [2.05, 4.69) is 258 Å². The van der Waals surface area contributed by atoms with Crippen LogP contribution in [-0.4, -0.2) is 14.1 Å². The van der Waals surface area contributed by atoms with E-state index in [0.29, 0.717) is 0 Å². The SMILES string of the molecule is CN(c1ccc(-c2cccc3cc(-c4ccc5c(c4)C(C)(C)c4cc(N(C)c6ccc(-c7ccc8ccccc8c7)cc6)ccc4-5)ccc23)cc1)c1ccc2c(c1)C(C)(C)c1ccccc1-2. The molecule has 0 saturated heterocycles. The van der Waals surface area contributed by atoms with E-state index in [-0.39, 0.29) is 10.8 Å². The second kappa shape index (κ2) is 14.9. The third-order valence-electron chi connectivity index (χ3n) is 15.1. The monoisotopic (exact) mass is 848 g/mol. The molecule has 0 fully saturated rings. The number of anilines is 4. The number of fused-ring (bicyclic) bond motifs is 8. The second-order valence-electron chi connectivity index (χ2n) is 19.5. The highest BCUT2D eigenvalue weighted by Gasteiger charge is 2.37. The zero-order chi connectivity index (χ0) is 44.9. The quantitative estimate of drug-likeness (QED) is 0.158. The van der Waals surface area contributed by atoms with Crippen molar-refractivity contribution in [3.63, 3.8) is 0 Å². The Bertz CT molecular complexity index is 3550. The minimum atomic E-state index is -0.148. The smallest absolute Gasteiger partial charge is 0.0411 e. The fraction of sp³-hybridized carbons (Fsp3) is 0.125. The molecule has 0 spiro atoms. The third-order valence-corrected chi connectivity index (χ3v) is 15.1. The average Bonchev–Trinajstić information content (AvgIpc) is 3.73. The van der Waals surface area contributed by atoms with Gasteiger partial charge < -0.3 is 9.80 Å². The van der Waals surface area contributed by atoms with Crippen LogP contribution in [0.5, 0.6) is 0 Å². The summed E-state index contributed by atoms with van der Waals surface area (Å²) in [5.74, 6) is 0. The number of hydrogen-bond acceptors (Lipinski definition) is 2. The summed E-state index contributed by atoms with van der Waals surface area (Å²) in [6.45, 7) is 9.45. The van der Waals surface area contributed by atoms with Crippen LogP contribution in [0.2, 0.25) is 0 Å². The minimum Gasteiger partial charge on any atom is -0.345 e. The van der Waals surface area contributed by atoms with Crippen molar-refractivity contribution >= 4 is 44.3 Å². The molecule has 2 heteroatoms. The van der Waals surface area contributed by atoms with Gasteiger partial charge in [-0.3, -0.25) is 0 Å². The van der Waals surface area contributed by atoms with Crippen molar-refractivity contribution in [1.82, 2.24) is 0 Å². The summed E-state index contributed by atoms with van der Waals surface area (Å²) in [6, 6.07) is 76.9. The molecule has 0 N–H and O–H groups in total. The Morgan fingerprint density at radius 1 is 0.273 bits per heavy atom. The van der Waals surface area contributed by atoms with Crippen molar-refractivity contribution in [2.75, 3.05) is 23.9 Å². The van der Waals surface area contributed by atoms with E-state index in [1.807, 2.05) is 0 Å². The van der Waals surface area contributed by atoms with Crippen LogP contribution in [0.3, 0.4) is 0 Å². The van der Waals surface area contributed by atoms with Crippen LogP contribution < -0.4 is 9.80 Å². The topological polar surface area (TPSA) is 6.48 Å². The molecular formula is C64H52N2. The second-order valence-corrected chi connectivity index (χ2v) is 19.5. The summed E-state index contributed by atoms with van der Waals surface area (Å²) < 4.78 is 0. The van der Waals surface area contributed by atoms with Crippen LogP contribution in [0.1, 0.15) is 49.9 Å². The lowest BCUT2D eigenvalue weighted by atomic mass is 9.81. The first-order chi connectivity index (χ1) is 32.0. The lowest BCUT2D eigenvalue weighted by Gasteiger charge is -2.25. The number of nitrogens with zero attached hydrogens (tertiary/aromatic N) is 2. The van der Waals surface area contributed by atoms with Gasteiger partial charge in [0, 0.05) is 47.7 Å². The summed E-state index contributed by atoms with van der Waals surface area (Å²) in [5, 5.41) is 5.04. The van der Waals surface area contributed by atoms with Crippen molar-refractivity contribution in [3.8, 4) is 55.6 Å². The van der Waals surface area contributed by atoms with Crippen molar-refractivity contribution in [3.05, 3.63) is 229 Å². The fourth-order valence-corrected chi connectivity index (χ4v) is 11.1. The molecule has 0 aromatic heterocycles. The largest absolute Gasteiger partial charge is 0.345 e. The molecule has 0 aliphatic heterocycles. The fourth-order valence-electron chi connectivity index (χ4n) is 11.1. The molecule has 10 aromatic carbocycles. The predicted octanol–water partition coefficient (Wildman–Crippen LogP) is 17.1. The van der Waals surface area contributed by atoms with Gasteiger partial charge in [-0.15, -0.1) is 0 Å². The zero-order valence-corrected chi connectivity index (χ0v) is 38.5. The van der Waals surface area contributed by atoms with Crippen LogP contribution in [0.15, 0.2) is 206 Å². The zero-order valence-electron chi connectivity index (χ0n) is 38.5. The Hall–Kier alpha value is -7.68. The van der Waals surface area contributed by atoms with Crippen molar-refractivity contribution in [2.45, 2.75) is 38.5 Å². The Morgan fingerprint density at radius 3 is 1.38 bits per heavy atom. The van der Waals surface area contributed by atoms with Crippen LogP contribution >= 0.6 is 0 Å². The van der Waals surface area contributed by atoms with Gasteiger partial charge in [0.25, 0.3) is 0 Å². The third kappa shape index (κ3) is 6.31. The number of rotatable bonds is 7. The van der Waals surface area contributed by atoms with Crippen LogP contribution in [-0.2, 0) is 10.8 Å². The van der Waals surface area contributed by atoms with E-state index >= 15 is 0 Å². The van der Waals surface area contributed by atoms with Gasteiger partial charge in [-0.25, -0.2) is 0 Å². The van der Waals surface area contributed by atoms with Gasteiger partial charge in [0.1, 0.15) is 0 Å². The molecule has 2 nitrogen and oxygen atoms in total. The molecule has 2 aliphatic carbocycles. The van der Waals surface area contributed by atoms with Gasteiger partial charge in [-0.2, -0.15) is 0 Å². The van der Waals surface area contributed by atoms with Crippen molar-refractivity contribution in [2.24, 2.45) is 0 Å². The lowest BCUT2D eigenvalue weighted by Crippen LogP contribution is -2.16. The Labute approximate surface area is 389 Å². The molecule has 0 amide bonds. The molecule has 0 unspecified atom stereocenters. The number of benzene rings is 10. The molecule has 66 heavy (non-hydrogen) atoms. The maximum atomic E-state index is 2.44. The average molecular weight is 849 g/mol. The standard InChI is InChI=1S/C64H52N2/c1-63(2)59-17-10-9-15-55(59)57-34-30-51(39-61(57)63)66(6)50-28-22-43(23-29-50)53-16-11-14-48-37-46(24-32-54(48)53)47-25-33-56-58-35-31-52(40-62(58)64(3,4)60(56)38-47)65(5)49-26-20-42(21-27-49)45-19-18-41-12-7-8-13-44(41)36-45/h7-40H,1-6H3. The lowest BCUT2D eigenvalue weighted by molar-refractivity contribution is 0.660. The van der Waals surface area contributed by atoms with Gasteiger partial charge in [0.15, 0.2) is 0 Å². The summed E-state index contributed by atoms with van der Waals surface area (Å²) in [6.07, 6.45) is 0. The van der Waals surface area contributed by atoms with Crippen LogP contribution in [0.4, 0.5) is 22.7 Å². The van der Waals surface area contributed by atoms with E-state index in [9.17, 15) is 0 Å². The first-order valence-corrected chi connectivity index (χ1v) is 23.3. The molecule has 0 radical (unpaired) electrons. The van der Waals surface area contributed by atoms with Gasteiger partial charge in [-0.05, 0) is 166 Å².